The minimum Gasteiger partial charge on any atom is -0.481 e. The summed E-state index contributed by atoms with van der Waals surface area (Å²) in [5.74, 6) is 1.84. The van der Waals surface area contributed by atoms with Crippen LogP contribution in [0.5, 0.6) is 5.88 Å². The second-order valence-electron chi connectivity index (χ2n) is 6.83. The first-order chi connectivity index (χ1) is 13.2. The number of nitrogens with zero attached hydrogens (tertiary/aromatic N) is 4. The molecule has 0 aliphatic heterocycles. The molecule has 0 radical (unpaired) electrons. The quantitative estimate of drug-likeness (QED) is 0.608. The first-order valence-corrected chi connectivity index (χ1v) is 9.61. The largest absolute Gasteiger partial charge is 0.481 e. The van der Waals surface area contributed by atoms with E-state index in [-0.39, 0.29) is 12.1 Å². The topological polar surface area (TPSA) is 105 Å². The zero-order valence-electron chi connectivity index (χ0n) is 16.0. The molecule has 1 aliphatic rings. The van der Waals surface area contributed by atoms with Gasteiger partial charge in [-0.15, -0.1) is 0 Å². The van der Waals surface area contributed by atoms with Gasteiger partial charge in [-0.25, -0.2) is 15.0 Å². The lowest BCUT2D eigenvalue weighted by Crippen LogP contribution is -2.29. The minimum atomic E-state index is -0.190. The highest BCUT2D eigenvalue weighted by atomic mass is 16.5. The Morgan fingerprint density at radius 1 is 1.19 bits per heavy atom. The van der Waals surface area contributed by atoms with Gasteiger partial charge >= 0.3 is 0 Å². The van der Waals surface area contributed by atoms with E-state index < -0.39 is 0 Å². The molecule has 146 valence electrons. The van der Waals surface area contributed by atoms with Gasteiger partial charge in [0.2, 0.25) is 11.8 Å². The second kappa shape index (κ2) is 9.45. The molecule has 0 aromatic carbocycles. The molecule has 2 aromatic rings. The van der Waals surface area contributed by atoms with E-state index in [9.17, 15) is 5.11 Å². The Balaban J connectivity index is 1.86. The van der Waals surface area contributed by atoms with Crippen LogP contribution in [-0.4, -0.2) is 50.8 Å². The van der Waals surface area contributed by atoms with Gasteiger partial charge in [0.1, 0.15) is 12.1 Å². The minimum absolute atomic E-state index is 0.190. The Morgan fingerprint density at radius 2 is 2.00 bits per heavy atom. The Labute approximate surface area is 159 Å². The SMILES string of the molecule is CCCCNc1ncc(-c2cc(OC)ncn2)c(NC2CCC(O)CC2)n1. The van der Waals surface area contributed by atoms with Crippen molar-refractivity contribution in [3.63, 3.8) is 0 Å². The number of hydrogen-bond donors (Lipinski definition) is 3. The third-order valence-electron chi connectivity index (χ3n) is 4.77. The average molecular weight is 372 g/mol. The van der Waals surface area contributed by atoms with Crippen molar-refractivity contribution < 1.29 is 9.84 Å². The van der Waals surface area contributed by atoms with E-state index >= 15 is 0 Å². The predicted octanol–water partition coefficient (Wildman–Crippen LogP) is 2.87. The summed E-state index contributed by atoms with van der Waals surface area (Å²) in [5, 5.41) is 16.6. The number of ether oxygens (including phenoxy) is 1. The number of rotatable bonds is 8. The molecule has 2 heterocycles. The summed E-state index contributed by atoms with van der Waals surface area (Å²) in [7, 11) is 1.58. The zero-order chi connectivity index (χ0) is 19.1. The zero-order valence-corrected chi connectivity index (χ0v) is 16.0. The molecule has 27 heavy (non-hydrogen) atoms. The first kappa shape index (κ1) is 19.3. The van der Waals surface area contributed by atoms with Crippen molar-refractivity contribution >= 4 is 11.8 Å². The molecule has 1 aliphatic carbocycles. The van der Waals surface area contributed by atoms with Gasteiger partial charge in [-0.1, -0.05) is 13.3 Å². The molecule has 1 saturated carbocycles. The van der Waals surface area contributed by atoms with Gasteiger partial charge in [0.05, 0.1) is 24.5 Å². The molecule has 3 N–H and O–H groups in total. The van der Waals surface area contributed by atoms with Crippen molar-refractivity contribution in [1.29, 1.82) is 0 Å². The fourth-order valence-corrected chi connectivity index (χ4v) is 3.15. The number of unbranched alkanes of at least 4 members (excludes halogenated alkanes) is 1. The van der Waals surface area contributed by atoms with Crippen molar-refractivity contribution in [2.45, 2.75) is 57.6 Å². The molecular weight excluding hydrogens is 344 g/mol. The van der Waals surface area contributed by atoms with Gasteiger partial charge in [-0.05, 0) is 32.1 Å². The standard InChI is InChI=1S/C19H28N6O2/c1-3-4-9-20-19-21-11-15(16-10-17(27-2)23-12-22-16)18(25-19)24-13-5-7-14(26)8-6-13/h10-14,26H,3-9H2,1-2H3,(H2,20,21,24,25). The monoisotopic (exact) mass is 372 g/mol. The van der Waals surface area contributed by atoms with Crippen LogP contribution in [0.25, 0.3) is 11.3 Å². The van der Waals surface area contributed by atoms with Crippen molar-refractivity contribution in [2.75, 3.05) is 24.3 Å². The summed E-state index contributed by atoms with van der Waals surface area (Å²) in [6.45, 7) is 2.99. The van der Waals surface area contributed by atoms with Gasteiger partial charge in [0.25, 0.3) is 0 Å². The van der Waals surface area contributed by atoms with Crippen LogP contribution < -0.4 is 15.4 Å². The third kappa shape index (κ3) is 5.26. The summed E-state index contributed by atoms with van der Waals surface area (Å²) in [6.07, 6.45) is 8.68. The molecule has 8 heteroatoms. The molecule has 1 fully saturated rings. The average Bonchev–Trinajstić information content (AvgIpc) is 2.70. The number of nitrogens with one attached hydrogen (secondary N) is 2. The van der Waals surface area contributed by atoms with Crippen LogP contribution in [0.3, 0.4) is 0 Å². The van der Waals surface area contributed by atoms with Gasteiger partial charge in [0, 0.05) is 24.8 Å². The third-order valence-corrected chi connectivity index (χ3v) is 4.77. The lowest BCUT2D eigenvalue weighted by Gasteiger charge is -2.27. The highest BCUT2D eigenvalue weighted by molar-refractivity contribution is 5.73. The maximum Gasteiger partial charge on any atom is 0.224 e. The summed E-state index contributed by atoms with van der Waals surface area (Å²) >= 11 is 0. The van der Waals surface area contributed by atoms with Crippen LogP contribution in [0.4, 0.5) is 11.8 Å². The summed E-state index contributed by atoms with van der Waals surface area (Å²) in [5.41, 5.74) is 1.52. The summed E-state index contributed by atoms with van der Waals surface area (Å²) < 4.78 is 5.21. The Hall–Kier alpha value is -2.48. The molecule has 0 amide bonds. The maximum atomic E-state index is 9.75. The molecular formula is C19H28N6O2. The molecule has 0 bridgehead atoms. The van der Waals surface area contributed by atoms with Crippen LogP contribution in [0, 0.1) is 0 Å². The van der Waals surface area contributed by atoms with Crippen molar-refractivity contribution in [3.05, 3.63) is 18.6 Å². The number of methoxy groups -OCH3 is 1. The predicted molar refractivity (Wildman–Crippen MR) is 105 cm³/mol. The molecule has 8 nitrogen and oxygen atoms in total. The van der Waals surface area contributed by atoms with Crippen LogP contribution in [0.1, 0.15) is 45.4 Å². The smallest absolute Gasteiger partial charge is 0.224 e. The highest BCUT2D eigenvalue weighted by Crippen LogP contribution is 2.29. The van der Waals surface area contributed by atoms with Crippen molar-refractivity contribution in [2.24, 2.45) is 0 Å². The van der Waals surface area contributed by atoms with E-state index in [4.69, 9.17) is 9.72 Å². The van der Waals surface area contributed by atoms with E-state index in [0.717, 1.165) is 56.5 Å². The van der Waals surface area contributed by atoms with E-state index in [0.29, 0.717) is 17.5 Å². The van der Waals surface area contributed by atoms with Gasteiger partial charge in [-0.2, -0.15) is 4.98 Å². The normalized spacial score (nSPS) is 19.5. The first-order valence-electron chi connectivity index (χ1n) is 9.61. The van der Waals surface area contributed by atoms with E-state index in [1.807, 2.05) is 0 Å². The summed E-state index contributed by atoms with van der Waals surface area (Å²) in [6, 6.07) is 2.05. The van der Waals surface area contributed by atoms with Crippen LogP contribution in [-0.2, 0) is 0 Å². The highest BCUT2D eigenvalue weighted by Gasteiger charge is 2.21. The van der Waals surface area contributed by atoms with E-state index in [1.54, 1.807) is 19.4 Å². The van der Waals surface area contributed by atoms with Gasteiger partial charge < -0.3 is 20.5 Å². The maximum absolute atomic E-state index is 9.75. The van der Waals surface area contributed by atoms with Crippen LogP contribution in [0.2, 0.25) is 0 Å². The van der Waals surface area contributed by atoms with E-state index in [2.05, 4.69) is 32.5 Å². The number of hydrogen-bond acceptors (Lipinski definition) is 8. The fourth-order valence-electron chi connectivity index (χ4n) is 3.15. The molecule has 3 rings (SSSR count). The number of anilines is 2. The Bertz CT molecular complexity index is 734. The number of aromatic nitrogens is 4. The number of aliphatic hydroxyl groups excluding tert-OH is 1. The van der Waals surface area contributed by atoms with Gasteiger partial charge in [-0.3, -0.25) is 0 Å². The lowest BCUT2D eigenvalue weighted by molar-refractivity contribution is 0.126. The fraction of sp³-hybridized carbons (Fsp3) is 0.579. The molecule has 0 unspecified atom stereocenters. The van der Waals surface area contributed by atoms with Crippen molar-refractivity contribution in [3.8, 4) is 17.1 Å². The molecule has 0 saturated heterocycles. The van der Waals surface area contributed by atoms with Gasteiger partial charge in [0.15, 0.2) is 0 Å². The van der Waals surface area contributed by atoms with Crippen LogP contribution >= 0.6 is 0 Å². The molecule has 0 spiro atoms. The van der Waals surface area contributed by atoms with E-state index in [1.165, 1.54) is 6.33 Å². The Morgan fingerprint density at radius 3 is 2.74 bits per heavy atom. The Kier molecular flexibility index (Phi) is 6.75. The second-order valence-corrected chi connectivity index (χ2v) is 6.83. The lowest BCUT2D eigenvalue weighted by atomic mass is 9.93. The summed E-state index contributed by atoms with van der Waals surface area (Å²) in [4.78, 5) is 17.6. The molecule has 2 aromatic heterocycles. The van der Waals surface area contributed by atoms with Crippen LogP contribution in [0.15, 0.2) is 18.6 Å². The molecule has 0 atom stereocenters. The number of aliphatic hydroxyl groups is 1. The van der Waals surface area contributed by atoms with Crippen molar-refractivity contribution in [1.82, 2.24) is 19.9 Å².